The van der Waals surface area contributed by atoms with Crippen LogP contribution in [0, 0.1) is 5.92 Å². The first kappa shape index (κ1) is 10.9. The highest BCUT2D eigenvalue weighted by atomic mass is 16.3. The Kier molecular flexibility index (Phi) is 4.69. The molecule has 0 radical (unpaired) electrons. The third-order valence-corrected chi connectivity index (χ3v) is 1.73. The van der Waals surface area contributed by atoms with E-state index in [1.807, 2.05) is 0 Å². The molecule has 0 aromatic rings. The quantitative estimate of drug-likeness (QED) is 0.635. The maximum atomic E-state index is 8.73. The van der Waals surface area contributed by atoms with Crippen molar-refractivity contribution in [1.82, 2.24) is 5.32 Å². The number of aliphatic hydroxyl groups excluding tert-OH is 1. The van der Waals surface area contributed by atoms with Crippen LogP contribution in [0.4, 0.5) is 0 Å². The van der Waals surface area contributed by atoms with Gasteiger partial charge < -0.3 is 10.4 Å². The smallest absolute Gasteiger partial charge is 0.0448 e. The zero-order valence-electron chi connectivity index (χ0n) is 8.15. The Bertz CT molecular complexity index is 99.7. The van der Waals surface area contributed by atoms with Crippen molar-refractivity contribution in [1.29, 1.82) is 0 Å². The van der Waals surface area contributed by atoms with Gasteiger partial charge in [-0.3, -0.25) is 0 Å². The topological polar surface area (TPSA) is 32.3 Å². The highest BCUT2D eigenvalue weighted by molar-refractivity contribution is 4.76. The minimum atomic E-state index is 0.0824. The van der Waals surface area contributed by atoms with Crippen LogP contribution >= 0.6 is 0 Å². The van der Waals surface area contributed by atoms with Gasteiger partial charge in [-0.2, -0.15) is 0 Å². The molecule has 0 amide bonds. The highest BCUT2D eigenvalue weighted by Crippen LogP contribution is 2.07. The lowest BCUT2D eigenvalue weighted by atomic mass is 10.0. The Balaban J connectivity index is 3.54. The molecule has 68 valence electrons. The molecule has 0 bridgehead atoms. The van der Waals surface area contributed by atoms with Crippen molar-refractivity contribution in [3.63, 3.8) is 0 Å². The van der Waals surface area contributed by atoms with Crippen LogP contribution in [0.15, 0.2) is 0 Å². The van der Waals surface area contributed by atoms with Crippen LogP contribution in [0.5, 0.6) is 0 Å². The van der Waals surface area contributed by atoms with E-state index in [0.29, 0.717) is 5.92 Å². The number of nitrogens with one attached hydrogen (secondary N) is 1. The molecular weight excluding hydrogens is 138 g/mol. The summed E-state index contributed by atoms with van der Waals surface area (Å²) in [5.41, 5.74) is 0.0824. The molecular formula is C9H21NO. The largest absolute Gasteiger partial charge is 0.396 e. The lowest BCUT2D eigenvalue weighted by Crippen LogP contribution is -2.41. The first-order valence-electron chi connectivity index (χ1n) is 4.34. The first-order chi connectivity index (χ1) is 4.98. The van der Waals surface area contributed by atoms with Gasteiger partial charge in [-0.05, 0) is 32.7 Å². The molecule has 0 heterocycles. The Morgan fingerprint density at radius 2 is 1.91 bits per heavy atom. The van der Waals surface area contributed by atoms with E-state index in [0.717, 1.165) is 13.0 Å². The molecule has 11 heavy (non-hydrogen) atoms. The fraction of sp³-hybridized carbons (Fsp3) is 1.00. The number of rotatable bonds is 5. The molecule has 0 atom stereocenters. The van der Waals surface area contributed by atoms with Crippen LogP contribution < -0.4 is 5.32 Å². The number of aliphatic hydroxyl groups is 1. The van der Waals surface area contributed by atoms with Gasteiger partial charge >= 0.3 is 0 Å². The molecule has 0 spiro atoms. The van der Waals surface area contributed by atoms with E-state index in [1.54, 1.807) is 0 Å². The summed E-state index contributed by atoms with van der Waals surface area (Å²) < 4.78 is 0. The van der Waals surface area contributed by atoms with E-state index < -0.39 is 0 Å². The Morgan fingerprint density at radius 3 is 2.27 bits per heavy atom. The average molecular weight is 159 g/mol. The van der Waals surface area contributed by atoms with E-state index in [-0.39, 0.29) is 12.1 Å². The van der Waals surface area contributed by atoms with Gasteiger partial charge in [-0.25, -0.2) is 0 Å². The van der Waals surface area contributed by atoms with Gasteiger partial charge in [0.15, 0.2) is 0 Å². The number of hydrogen-bond donors (Lipinski definition) is 2. The summed E-state index contributed by atoms with van der Waals surface area (Å²) in [6, 6.07) is 0. The summed E-state index contributed by atoms with van der Waals surface area (Å²) in [7, 11) is 0. The van der Waals surface area contributed by atoms with Gasteiger partial charge in [-0.15, -0.1) is 0 Å². The minimum absolute atomic E-state index is 0.0824. The molecule has 0 unspecified atom stereocenters. The van der Waals surface area contributed by atoms with Gasteiger partial charge in [0.05, 0.1) is 0 Å². The van der Waals surface area contributed by atoms with Crippen LogP contribution in [0.25, 0.3) is 0 Å². The second-order valence-corrected chi connectivity index (χ2v) is 4.13. The van der Waals surface area contributed by atoms with Gasteiger partial charge in [0.1, 0.15) is 0 Å². The van der Waals surface area contributed by atoms with Crippen molar-refractivity contribution in [2.24, 2.45) is 5.92 Å². The molecule has 0 aliphatic rings. The normalized spacial score (nSPS) is 12.5. The molecule has 0 aromatic carbocycles. The van der Waals surface area contributed by atoms with Crippen LogP contribution in [0.3, 0.4) is 0 Å². The Morgan fingerprint density at radius 1 is 1.36 bits per heavy atom. The summed E-state index contributed by atoms with van der Waals surface area (Å²) in [5.74, 6) is 0.674. The van der Waals surface area contributed by atoms with Crippen molar-refractivity contribution in [2.75, 3.05) is 13.2 Å². The number of hydrogen-bond acceptors (Lipinski definition) is 2. The third kappa shape index (κ3) is 6.32. The minimum Gasteiger partial charge on any atom is -0.396 e. The summed E-state index contributed by atoms with van der Waals surface area (Å²) in [6.45, 7) is 9.88. The van der Waals surface area contributed by atoms with Gasteiger partial charge in [0.2, 0.25) is 0 Å². The summed E-state index contributed by atoms with van der Waals surface area (Å²) >= 11 is 0. The molecule has 2 heteroatoms. The van der Waals surface area contributed by atoms with Crippen molar-refractivity contribution in [2.45, 2.75) is 39.7 Å². The molecule has 0 fully saturated rings. The second kappa shape index (κ2) is 4.73. The molecule has 0 aliphatic carbocycles. The molecule has 0 saturated carbocycles. The maximum Gasteiger partial charge on any atom is 0.0448 e. The van der Waals surface area contributed by atoms with Gasteiger partial charge in [0, 0.05) is 12.1 Å². The van der Waals surface area contributed by atoms with Crippen molar-refractivity contribution in [3.05, 3.63) is 0 Å². The van der Waals surface area contributed by atoms with Gasteiger partial charge in [-0.1, -0.05) is 13.8 Å². The lowest BCUT2D eigenvalue weighted by Gasteiger charge is -2.26. The van der Waals surface area contributed by atoms with E-state index in [4.69, 9.17) is 5.11 Å². The standard InChI is InChI=1S/C9H21NO/c1-8(2)7-10-9(3,4)5-6-11/h8,10-11H,5-7H2,1-4H3. The molecule has 2 nitrogen and oxygen atoms in total. The van der Waals surface area contributed by atoms with Crippen LogP contribution in [0.1, 0.15) is 34.1 Å². The van der Waals surface area contributed by atoms with E-state index in [9.17, 15) is 0 Å². The van der Waals surface area contributed by atoms with Crippen LogP contribution in [-0.4, -0.2) is 23.8 Å². The van der Waals surface area contributed by atoms with Crippen molar-refractivity contribution in [3.8, 4) is 0 Å². The van der Waals surface area contributed by atoms with Gasteiger partial charge in [0.25, 0.3) is 0 Å². The second-order valence-electron chi connectivity index (χ2n) is 4.13. The third-order valence-electron chi connectivity index (χ3n) is 1.73. The maximum absolute atomic E-state index is 8.73. The summed E-state index contributed by atoms with van der Waals surface area (Å²) in [6.07, 6.45) is 0.819. The van der Waals surface area contributed by atoms with Crippen LogP contribution in [0.2, 0.25) is 0 Å². The van der Waals surface area contributed by atoms with E-state index in [1.165, 1.54) is 0 Å². The van der Waals surface area contributed by atoms with E-state index in [2.05, 4.69) is 33.0 Å². The fourth-order valence-electron chi connectivity index (χ4n) is 0.848. The SMILES string of the molecule is CC(C)CNC(C)(C)CCO. The summed E-state index contributed by atoms with van der Waals surface area (Å²) in [4.78, 5) is 0. The average Bonchev–Trinajstić information content (AvgIpc) is 1.84. The lowest BCUT2D eigenvalue weighted by molar-refractivity contribution is 0.227. The fourth-order valence-corrected chi connectivity index (χ4v) is 0.848. The Hall–Kier alpha value is -0.0800. The molecule has 0 aliphatic heterocycles. The molecule has 0 rings (SSSR count). The Labute approximate surface area is 70.0 Å². The molecule has 0 saturated heterocycles. The molecule has 2 N–H and O–H groups in total. The predicted octanol–water partition coefficient (Wildman–Crippen LogP) is 1.39. The molecule has 0 aromatic heterocycles. The van der Waals surface area contributed by atoms with Crippen molar-refractivity contribution >= 4 is 0 Å². The van der Waals surface area contributed by atoms with Crippen LogP contribution in [-0.2, 0) is 0 Å². The monoisotopic (exact) mass is 159 g/mol. The zero-order valence-corrected chi connectivity index (χ0v) is 8.15. The summed E-state index contributed by atoms with van der Waals surface area (Å²) in [5, 5.41) is 12.1. The highest BCUT2D eigenvalue weighted by Gasteiger charge is 2.15. The predicted molar refractivity (Wildman–Crippen MR) is 48.6 cm³/mol. The van der Waals surface area contributed by atoms with Crippen molar-refractivity contribution < 1.29 is 5.11 Å². The van der Waals surface area contributed by atoms with E-state index >= 15 is 0 Å². The first-order valence-corrected chi connectivity index (χ1v) is 4.34. The zero-order chi connectivity index (χ0) is 8.91.